The Hall–Kier alpha value is -3.61. The molecule has 0 heterocycles. The molecule has 2 aromatic carbocycles. The van der Waals surface area contributed by atoms with Gasteiger partial charge in [0.05, 0.1) is 0 Å². The predicted molar refractivity (Wildman–Crippen MR) is 124 cm³/mol. The third-order valence-electron chi connectivity index (χ3n) is 5.30. The molecular weight excluding hydrogens is 408 g/mol. The molecule has 1 aliphatic carbocycles. The monoisotopic (exact) mass is 430 g/mol. The molecule has 0 unspecified atom stereocenters. The largest absolute Gasteiger partial charge is 0.432 e. The molecule has 156 valence electrons. The molecule has 1 saturated carbocycles. The maximum atomic E-state index is 13.2. The zero-order valence-electron chi connectivity index (χ0n) is 17.3. The minimum Gasteiger partial charge on any atom is -0.432 e. The third kappa shape index (κ3) is 5.72. The van der Waals surface area contributed by atoms with Gasteiger partial charge in [0, 0.05) is 32.3 Å². The Morgan fingerprint density at radius 2 is 1.26 bits per heavy atom. The molecule has 0 bridgehead atoms. The Labute approximate surface area is 180 Å². The van der Waals surface area contributed by atoms with Gasteiger partial charge in [-0.3, -0.25) is 4.79 Å². The van der Waals surface area contributed by atoms with E-state index in [0.717, 1.165) is 11.1 Å². The van der Waals surface area contributed by atoms with Crippen LogP contribution >= 0.6 is 0 Å². The number of benzene rings is 2. The molecule has 8 nitrogen and oxygen atoms in total. The molecule has 9 heteroatoms. The molecule has 0 radical (unpaired) electrons. The Morgan fingerprint density at radius 1 is 0.871 bits per heavy atom. The number of ketones is 1. The average Bonchev–Trinajstić information content (AvgIpc) is 2.73. The summed E-state index contributed by atoms with van der Waals surface area (Å²) in [4.78, 5) is 29.5. The number of carbonyl (C=O) groups excluding carboxylic acids is 1. The van der Waals surface area contributed by atoms with Crippen LogP contribution in [-0.4, -0.2) is 18.9 Å². The number of nitrogens with zero attached hydrogens (tertiary/aromatic N) is 6. The van der Waals surface area contributed by atoms with Crippen LogP contribution in [0.5, 0.6) is 0 Å². The molecule has 0 aromatic heterocycles. The van der Waals surface area contributed by atoms with Crippen LogP contribution in [0.25, 0.3) is 33.0 Å². The quantitative estimate of drug-likeness (QED) is 0.180. The molecule has 0 aliphatic heterocycles. The zero-order valence-corrected chi connectivity index (χ0v) is 18.3. The summed E-state index contributed by atoms with van der Waals surface area (Å²) in [7, 11) is -2.49. The maximum Gasteiger partial charge on any atom is 0.186 e. The van der Waals surface area contributed by atoms with Gasteiger partial charge in [-0.05, 0) is 65.8 Å². The van der Waals surface area contributed by atoms with E-state index in [1.54, 1.807) is 48.5 Å². The van der Waals surface area contributed by atoms with Gasteiger partial charge in [-0.2, -0.15) is 0 Å². The summed E-state index contributed by atoms with van der Waals surface area (Å²) in [5, 5.41) is 7.12. The number of carbonyl (C=O) groups is 1. The van der Waals surface area contributed by atoms with Crippen molar-refractivity contribution in [2.24, 2.45) is 10.2 Å². The van der Waals surface area contributed by atoms with Crippen molar-refractivity contribution in [2.45, 2.75) is 31.5 Å². The number of Topliss-reactive ketones (excluding diaryl/α,β-unsaturated/α-hetero) is 1. The van der Waals surface area contributed by atoms with E-state index in [-0.39, 0.29) is 11.3 Å². The lowest BCUT2D eigenvalue weighted by Crippen LogP contribution is -2.36. The highest BCUT2D eigenvalue weighted by molar-refractivity contribution is 6.71. The second-order valence-electron chi connectivity index (χ2n) is 7.99. The molecule has 0 amide bonds. The number of allylic oxidation sites excluding steroid dienone is 2. The second-order valence-corrected chi connectivity index (χ2v) is 12.1. The van der Waals surface area contributed by atoms with Crippen LogP contribution in [0.4, 0.5) is 11.4 Å². The zero-order chi connectivity index (χ0) is 22.4. The van der Waals surface area contributed by atoms with Crippen molar-refractivity contribution in [3.8, 4) is 0 Å². The summed E-state index contributed by atoms with van der Waals surface area (Å²) < 4.78 is 0. The Kier molecular flexibility index (Phi) is 6.74. The van der Waals surface area contributed by atoms with E-state index in [0.29, 0.717) is 35.4 Å². The first-order chi connectivity index (χ1) is 14.8. The van der Waals surface area contributed by atoms with Gasteiger partial charge in [0.15, 0.2) is 14.1 Å². The third-order valence-corrected chi connectivity index (χ3v) is 7.71. The Balaban J connectivity index is 1.96. The molecule has 1 N–H and O–H groups in total. The molecule has 2 aromatic rings. The summed E-state index contributed by atoms with van der Waals surface area (Å²) in [5.41, 5.74) is 21.1. The minimum atomic E-state index is -2.49. The normalized spacial score (nSPS) is 19.1. The summed E-state index contributed by atoms with van der Waals surface area (Å²) in [5.74, 6) is -0.0345. The van der Waals surface area contributed by atoms with Crippen LogP contribution in [0.3, 0.4) is 0 Å². The van der Waals surface area contributed by atoms with Crippen molar-refractivity contribution in [1.29, 1.82) is 0 Å². The molecular formula is C22H22N6O2Si. The molecule has 31 heavy (non-hydrogen) atoms. The molecule has 1 aliphatic rings. The van der Waals surface area contributed by atoms with Crippen LogP contribution in [0.2, 0.25) is 18.6 Å². The minimum absolute atomic E-state index is 0.0209. The van der Waals surface area contributed by atoms with Gasteiger partial charge >= 0.3 is 0 Å². The lowest BCUT2D eigenvalue weighted by molar-refractivity contribution is -0.112. The van der Waals surface area contributed by atoms with Gasteiger partial charge in [-0.15, -0.1) is 0 Å². The van der Waals surface area contributed by atoms with Crippen molar-refractivity contribution in [2.75, 3.05) is 0 Å². The fraction of sp³-hybridized carbons (Fsp3) is 0.227. The molecule has 0 atom stereocenters. The first-order valence-corrected chi connectivity index (χ1v) is 12.8. The van der Waals surface area contributed by atoms with Gasteiger partial charge in [0.2, 0.25) is 0 Å². The molecule has 0 spiro atoms. The SMILES string of the molecule is C[Si](C)(O)C1C/C(=C\c2ccc(N=[N+]=[N-])cc2)C(=O)/C(=C/c2ccc(N=[N+]=[N-])cc2)C1. The van der Waals surface area contributed by atoms with E-state index >= 15 is 0 Å². The van der Waals surface area contributed by atoms with Crippen molar-refractivity contribution in [3.05, 3.63) is 91.7 Å². The van der Waals surface area contributed by atoms with E-state index in [9.17, 15) is 9.59 Å². The highest BCUT2D eigenvalue weighted by Crippen LogP contribution is 2.41. The summed E-state index contributed by atoms with van der Waals surface area (Å²) >= 11 is 0. The number of hydrogen-bond donors (Lipinski definition) is 1. The fourth-order valence-electron chi connectivity index (χ4n) is 3.52. The van der Waals surface area contributed by atoms with E-state index < -0.39 is 8.32 Å². The number of hydrogen-bond acceptors (Lipinski definition) is 4. The average molecular weight is 431 g/mol. The van der Waals surface area contributed by atoms with Crippen LogP contribution in [-0.2, 0) is 4.79 Å². The van der Waals surface area contributed by atoms with Crippen LogP contribution in [0, 0.1) is 0 Å². The number of rotatable bonds is 5. The van der Waals surface area contributed by atoms with Crippen LogP contribution < -0.4 is 0 Å². The van der Waals surface area contributed by atoms with Crippen molar-refractivity contribution >= 4 is 37.6 Å². The number of azide groups is 2. The van der Waals surface area contributed by atoms with Gasteiger partial charge in [0.25, 0.3) is 0 Å². The summed E-state index contributed by atoms with van der Waals surface area (Å²) in [6, 6.07) is 14.0. The summed E-state index contributed by atoms with van der Waals surface area (Å²) in [6.07, 6.45) is 4.74. The fourth-order valence-corrected chi connectivity index (χ4v) is 4.96. The first-order valence-electron chi connectivity index (χ1n) is 9.78. The van der Waals surface area contributed by atoms with E-state index in [1.807, 2.05) is 25.2 Å². The lowest BCUT2D eigenvalue weighted by Gasteiger charge is -2.32. The summed E-state index contributed by atoms with van der Waals surface area (Å²) in [6.45, 7) is 3.79. The highest BCUT2D eigenvalue weighted by Gasteiger charge is 2.37. The maximum absolute atomic E-state index is 13.2. The van der Waals surface area contributed by atoms with Gasteiger partial charge in [-0.25, -0.2) is 0 Å². The van der Waals surface area contributed by atoms with E-state index in [2.05, 4.69) is 20.1 Å². The lowest BCUT2D eigenvalue weighted by atomic mass is 9.86. The topological polar surface area (TPSA) is 135 Å². The van der Waals surface area contributed by atoms with Gasteiger partial charge < -0.3 is 4.80 Å². The highest BCUT2D eigenvalue weighted by atomic mass is 28.4. The predicted octanol–water partition coefficient (Wildman–Crippen LogP) is 6.97. The van der Waals surface area contributed by atoms with Gasteiger partial charge in [-0.1, -0.05) is 58.8 Å². The standard InChI is InChI=1S/C22H22N6O2Si/c1-31(2,30)21-13-17(11-15-3-7-19(8-4-15)25-27-23)22(29)18(14-21)12-16-5-9-20(10-6-16)26-28-24/h3-12,21,30H,13-14H2,1-2H3/b17-11+,18-12+. The molecule has 1 fully saturated rings. The van der Waals surface area contributed by atoms with Crippen LogP contribution in [0.15, 0.2) is 69.9 Å². The molecule has 0 saturated heterocycles. The van der Waals surface area contributed by atoms with Crippen molar-refractivity contribution < 1.29 is 9.59 Å². The van der Waals surface area contributed by atoms with E-state index in [4.69, 9.17) is 11.1 Å². The smallest absolute Gasteiger partial charge is 0.186 e. The Bertz CT molecular complexity index is 1050. The van der Waals surface area contributed by atoms with Crippen molar-refractivity contribution in [1.82, 2.24) is 0 Å². The van der Waals surface area contributed by atoms with Crippen LogP contribution in [0.1, 0.15) is 24.0 Å². The molecule has 3 rings (SSSR count). The van der Waals surface area contributed by atoms with Crippen molar-refractivity contribution in [3.63, 3.8) is 0 Å². The second kappa shape index (κ2) is 9.47. The first kappa shape index (κ1) is 22.1. The van der Waals surface area contributed by atoms with E-state index in [1.165, 1.54) is 0 Å². The van der Waals surface area contributed by atoms with Gasteiger partial charge in [0.1, 0.15) is 0 Å². The Morgan fingerprint density at radius 3 is 1.58 bits per heavy atom.